The van der Waals surface area contributed by atoms with Crippen LogP contribution in [0, 0.1) is 0 Å². The van der Waals surface area contributed by atoms with Crippen molar-refractivity contribution in [3.8, 4) is 28.5 Å². The molecule has 5 aromatic rings. The van der Waals surface area contributed by atoms with Gasteiger partial charge in [0.05, 0.1) is 38.1 Å². The number of pyridine rings is 1. The highest BCUT2D eigenvalue weighted by atomic mass is 16.5. The van der Waals surface area contributed by atoms with Gasteiger partial charge in [-0.2, -0.15) is 5.11 Å². The minimum absolute atomic E-state index is 0.181. The van der Waals surface area contributed by atoms with Gasteiger partial charge in [0.2, 0.25) is 0 Å². The molecule has 4 N–H and O–H groups in total. The van der Waals surface area contributed by atoms with E-state index < -0.39 is 0 Å². The Kier molecular flexibility index (Phi) is 6.10. The quantitative estimate of drug-likeness (QED) is 0.279. The zero-order valence-electron chi connectivity index (χ0n) is 21.9. The first-order valence-electron chi connectivity index (χ1n) is 12.6. The summed E-state index contributed by atoms with van der Waals surface area (Å²) in [6.45, 7) is 0. The van der Waals surface area contributed by atoms with Crippen LogP contribution in [0.1, 0.15) is 24.1 Å². The predicted molar refractivity (Wildman–Crippen MR) is 149 cm³/mol. The van der Waals surface area contributed by atoms with Gasteiger partial charge in [0.25, 0.3) is 0 Å². The van der Waals surface area contributed by atoms with E-state index in [1.54, 1.807) is 38.0 Å². The number of nitrogens with two attached hydrogens (primary N) is 2. The van der Waals surface area contributed by atoms with Gasteiger partial charge in [-0.1, -0.05) is 0 Å². The molecule has 39 heavy (non-hydrogen) atoms. The third kappa shape index (κ3) is 4.12. The molecule has 1 aliphatic carbocycles. The van der Waals surface area contributed by atoms with E-state index in [2.05, 4.69) is 15.3 Å². The SMILES string of the molecule is COc1ccc(N=Nc2c(N)nn3c(-c4ccc(OC)c(OC)c4)c4c(N)c5c(nc4nc23)CCCC5)cc1. The highest BCUT2D eigenvalue weighted by molar-refractivity contribution is 6.03. The molecule has 2 aromatic carbocycles. The molecule has 0 spiro atoms. The lowest BCUT2D eigenvalue weighted by Gasteiger charge is -2.20. The summed E-state index contributed by atoms with van der Waals surface area (Å²) in [5.74, 6) is 2.08. The van der Waals surface area contributed by atoms with Crippen LogP contribution < -0.4 is 25.7 Å². The molecule has 3 aromatic heterocycles. The normalized spacial score (nSPS) is 13.2. The topological polar surface area (TPSA) is 148 Å². The second kappa shape index (κ2) is 9.75. The number of nitrogen functional groups attached to an aromatic ring is 2. The van der Waals surface area contributed by atoms with Crippen molar-refractivity contribution in [3.05, 3.63) is 53.7 Å². The third-order valence-electron chi connectivity index (χ3n) is 7.02. The van der Waals surface area contributed by atoms with Crippen LogP contribution in [-0.4, -0.2) is 40.9 Å². The van der Waals surface area contributed by atoms with Crippen molar-refractivity contribution in [1.82, 2.24) is 19.6 Å². The van der Waals surface area contributed by atoms with E-state index in [0.717, 1.165) is 48.3 Å². The van der Waals surface area contributed by atoms with Gasteiger partial charge in [-0.3, -0.25) is 0 Å². The summed E-state index contributed by atoms with van der Waals surface area (Å²) >= 11 is 0. The molecule has 0 atom stereocenters. The Hall–Kier alpha value is -4.93. The Labute approximate surface area is 224 Å². The third-order valence-corrected chi connectivity index (χ3v) is 7.02. The number of benzene rings is 2. The minimum atomic E-state index is 0.181. The zero-order chi connectivity index (χ0) is 27.1. The van der Waals surface area contributed by atoms with Gasteiger partial charge in [0.1, 0.15) is 5.75 Å². The molecule has 1 aliphatic rings. The highest BCUT2D eigenvalue weighted by Gasteiger charge is 2.25. The number of methoxy groups -OCH3 is 3. The number of aryl methyl sites for hydroxylation is 1. The molecule has 0 fully saturated rings. The van der Waals surface area contributed by atoms with Crippen LogP contribution in [0.4, 0.5) is 22.9 Å². The smallest absolute Gasteiger partial charge is 0.188 e. The predicted octanol–water partition coefficient (Wildman–Crippen LogP) is 5.43. The van der Waals surface area contributed by atoms with Crippen LogP contribution in [-0.2, 0) is 12.8 Å². The fourth-order valence-corrected chi connectivity index (χ4v) is 5.05. The molecule has 6 rings (SSSR count). The van der Waals surface area contributed by atoms with Crippen LogP contribution in [0.5, 0.6) is 17.2 Å². The van der Waals surface area contributed by atoms with Crippen molar-refractivity contribution >= 4 is 39.6 Å². The van der Waals surface area contributed by atoms with E-state index in [0.29, 0.717) is 50.9 Å². The average Bonchev–Trinajstić information content (AvgIpc) is 3.29. The molecule has 0 radical (unpaired) electrons. The maximum Gasteiger partial charge on any atom is 0.188 e. The van der Waals surface area contributed by atoms with Gasteiger partial charge >= 0.3 is 0 Å². The molecule has 0 aliphatic heterocycles. The Morgan fingerprint density at radius 1 is 0.846 bits per heavy atom. The number of hydrogen-bond acceptors (Lipinski definition) is 10. The Morgan fingerprint density at radius 2 is 1.62 bits per heavy atom. The number of nitrogens with zero attached hydrogens (tertiary/aromatic N) is 6. The number of aromatic nitrogens is 4. The molecule has 3 heterocycles. The summed E-state index contributed by atoms with van der Waals surface area (Å²) in [5.41, 5.74) is 19.3. The Morgan fingerprint density at radius 3 is 2.36 bits per heavy atom. The first-order valence-corrected chi connectivity index (χ1v) is 12.6. The van der Waals surface area contributed by atoms with Crippen molar-refractivity contribution < 1.29 is 14.2 Å². The zero-order valence-corrected chi connectivity index (χ0v) is 21.9. The van der Waals surface area contributed by atoms with E-state index in [4.69, 9.17) is 35.6 Å². The summed E-state index contributed by atoms with van der Waals surface area (Å²) in [6.07, 6.45) is 3.86. The van der Waals surface area contributed by atoms with Crippen LogP contribution in [0.3, 0.4) is 0 Å². The van der Waals surface area contributed by atoms with E-state index in [1.165, 1.54) is 0 Å². The number of rotatable bonds is 6. The molecule has 0 saturated carbocycles. The van der Waals surface area contributed by atoms with Gasteiger partial charge in [-0.15, -0.1) is 10.2 Å². The highest BCUT2D eigenvalue weighted by Crippen LogP contribution is 2.42. The summed E-state index contributed by atoms with van der Waals surface area (Å²) in [5, 5.41) is 14.2. The first kappa shape index (κ1) is 24.4. The summed E-state index contributed by atoms with van der Waals surface area (Å²) in [4.78, 5) is 9.83. The van der Waals surface area contributed by atoms with Crippen molar-refractivity contribution in [3.63, 3.8) is 0 Å². The summed E-state index contributed by atoms with van der Waals surface area (Å²) in [7, 11) is 4.80. The molecule has 0 amide bonds. The number of ether oxygens (including phenoxy) is 3. The Balaban J connectivity index is 1.63. The van der Waals surface area contributed by atoms with Crippen molar-refractivity contribution in [2.75, 3.05) is 32.8 Å². The van der Waals surface area contributed by atoms with Gasteiger partial charge in [-0.25, -0.2) is 14.5 Å². The monoisotopic (exact) mass is 524 g/mol. The average molecular weight is 525 g/mol. The van der Waals surface area contributed by atoms with Crippen molar-refractivity contribution in [2.24, 2.45) is 10.2 Å². The van der Waals surface area contributed by atoms with Gasteiger partial charge in [-0.05, 0) is 73.7 Å². The lowest BCUT2D eigenvalue weighted by molar-refractivity contribution is 0.355. The molecule has 0 saturated heterocycles. The molecule has 0 unspecified atom stereocenters. The lowest BCUT2D eigenvalue weighted by atomic mass is 9.92. The van der Waals surface area contributed by atoms with E-state index in [1.807, 2.05) is 30.3 Å². The van der Waals surface area contributed by atoms with Gasteiger partial charge < -0.3 is 25.7 Å². The molecule has 198 valence electrons. The first-order chi connectivity index (χ1) is 19.0. The van der Waals surface area contributed by atoms with Crippen LogP contribution in [0.25, 0.3) is 27.9 Å². The fraction of sp³-hybridized carbons (Fsp3) is 0.250. The van der Waals surface area contributed by atoms with E-state index >= 15 is 0 Å². The second-order valence-corrected chi connectivity index (χ2v) is 9.25. The molecule has 11 heteroatoms. The van der Waals surface area contributed by atoms with E-state index in [-0.39, 0.29) is 5.82 Å². The van der Waals surface area contributed by atoms with Crippen LogP contribution in [0.2, 0.25) is 0 Å². The molecule has 0 bridgehead atoms. The lowest BCUT2D eigenvalue weighted by Crippen LogP contribution is -2.12. The number of hydrogen-bond donors (Lipinski definition) is 2. The fourth-order valence-electron chi connectivity index (χ4n) is 5.05. The van der Waals surface area contributed by atoms with Gasteiger partial charge in [0.15, 0.2) is 34.3 Å². The number of anilines is 2. The van der Waals surface area contributed by atoms with Gasteiger partial charge in [0, 0.05) is 16.9 Å². The van der Waals surface area contributed by atoms with Crippen molar-refractivity contribution in [2.45, 2.75) is 25.7 Å². The molecular weight excluding hydrogens is 496 g/mol. The van der Waals surface area contributed by atoms with Crippen LogP contribution in [0.15, 0.2) is 52.7 Å². The number of azo groups is 1. The van der Waals surface area contributed by atoms with Crippen LogP contribution >= 0.6 is 0 Å². The standard InChI is InChI=1S/C28H28N8O3/c1-37-17-11-9-16(10-12-17)33-34-24-26(30)35-36-25(15-8-13-20(38-2)21(14-15)39-3)22-23(29)18-6-4-5-7-19(18)31-27(22)32-28(24)36/h8-14H,4-7,29H2,1-3H3,(H2,30,35). The molecule has 11 nitrogen and oxygen atoms in total. The maximum absolute atomic E-state index is 6.84. The molecular formula is C28H28N8O3. The Bertz CT molecular complexity index is 1740. The van der Waals surface area contributed by atoms with E-state index in [9.17, 15) is 0 Å². The second-order valence-electron chi connectivity index (χ2n) is 9.25. The summed E-state index contributed by atoms with van der Waals surface area (Å²) in [6, 6.07) is 12.9. The minimum Gasteiger partial charge on any atom is -0.497 e. The largest absolute Gasteiger partial charge is 0.497 e. The van der Waals surface area contributed by atoms with Crippen molar-refractivity contribution in [1.29, 1.82) is 0 Å². The maximum atomic E-state index is 6.84. The summed E-state index contributed by atoms with van der Waals surface area (Å²) < 4.78 is 17.9. The number of fused-ring (bicyclic) bond motifs is 3.